The SMILES string of the molecule is CN(C)S(=O)(=O)c1ccc(COC(=O)c2ccc3ccc(Cc4ccc(C(=O)O)cc4)c(O)c3c2)cc1. The molecule has 4 aromatic carbocycles. The average Bonchev–Trinajstić information content (AvgIpc) is 2.89. The summed E-state index contributed by atoms with van der Waals surface area (Å²) < 4.78 is 30.9. The second kappa shape index (κ2) is 10.4. The number of fused-ring (bicyclic) bond motifs is 1. The van der Waals surface area contributed by atoms with Crippen LogP contribution in [0.3, 0.4) is 0 Å². The van der Waals surface area contributed by atoms with Gasteiger partial charge in [0, 0.05) is 25.9 Å². The van der Waals surface area contributed by atoms with Crippen molar-refractivity contribution in [1.29, 1.82) is 0 Å². The van der Waals surface area contributed by atoms with Gasteiger partial charge in [-0.2, -0.15) is 0 Å². The van der Waals surface area contributed by atoms with E-state index in [1.165, 1.54) is 38.4 Å². The van der Waals surface area contributed by atoms with Crippen LogP contribution < -0.4 is 0 Å². The Bertz CT molecular complexity index is 1580. The number of phenolic OH excluding ortho intramolecular Hbond substituents is 1. The van der Waals surface area contributed by atoms with Crippen molar-refractivity contribution in [3.63, 3.8) is 0 Å². The van der Waals surface area contributed by atoms with Gasteiger partial charge < -0.3 is 14.9 Å². The predicted molar refractivity (Wildman–Crippen MR) is 138 cm³/mol. The Hall–Kier alpha value is -4.21. The first-order valence-electron chi connectivity index (χ1n) is 11.3. The predicted octanol–water partition coefficient (Wildman–Crippen LogP) is 4.44. The van der Waals surface area contributed by atoms with Crippen molar-refractivity contribution in [2.45, 2.75) is 17.9 Å². The molecular weight excluding hydrogens is 494 g/mol. The van der Waals surface area contributed by atoms with Gasteiger partial charge in [0.25, 0.3) is 0 Å². The molecule has 0 heterocycles. The number of benzene rings is 4. The summed E-state index contributed by atoms with van der Waals surface area (Å²) in [5.74, 6) is -1.55. The Morgan fingerprint density at radius 2 is 1.43 bits per heavy atom. The first-order chi connectivity index (χ1) is 17.6. The number of aromatic hydroxyl groups is 1. The number of sulfonamides is 1. The van der Waals surface area contributed by atoms with E-state index in [-0.39, 0.29) is 28.4 Å². The molecule has 0 aliphatic heterocycles. The molecule has 4 aromatic rings. The van der Waals surface area contributed by atoms with E-state index in [0.717, 1.165) is 15.3 Å². The summed E-state index contributed by atoms with van der Waals surface area (Å²) in [5, 5.41) is 21.2. The molecule has 0 aliphatic rings. The summed E-state index contributed by atoms with van der Waals surface area (Å²) in [5.41, 5.74) is 2.54. The third kappa shape index (κ3) is 5.63. The minimum Gasteiger partial charge on any atom is -0.507 e. The van der Waals surface area contributed by atoms with E-state index in [1.807, 2.05) is 6.07 Å². The number of nitrogens with zero attached hydrogens (tertiary/aromatic N) is 1. The molecule has 0 spiro atoms. The molecule has 0 fully saturated rings. The van der Waals surface area contributed by atoms with Crippen molar-refractivity contribution < 1.29 is 33.0 Å². The highest BCUT2D eigenvalue weighted by Crippen LogP contribution is 2.31. The van der Waals surface area contributed by atoms with Crippen LogP contribution in [0.15, 0.2) is 83.8 Å². The van der Waals surface area contributed by atoms with Crippen LogP contribution in [0.5, 0.6) is 5.75 Å². The van der Waals surface area contributed by atoms with Crippen LogP contribution in [0.2, 0.25) is 0 Å². The average molecular weight is 520 g/mol. The first kappa shape index (κ1) is 25.9. The van der Waals surface area contributed by atoms with E-state index in [2.05, 4.69) is 0 Å². The molecule has 0 unspecified atom stereocenters. The fourth-order valence-electron chi connectivity index (χ4n) is 3.80. The van der Waals surface area contributed by atoms with Gasteiger partial charge in [-0.15, -0.1) is 0 Å². The quantitative estimate of drug-likeness (QED) is 0.330. The van der Waals surface area contributed by atoms with Gasteiger partial charge in [-0.1, -0.05) is 42.5 Å². The maximum atomic E-state index is 12.7. The van der Waals surface area contributed by atoms with Crippen LogP contribution >= 0.6 is 0 Å². The Labute approximate surface area is 214 Å². The van der Waals surface area contributed by atoms with Crippen molar-refractivity contribution in [2.24, 2.45) is 0 Å². The first-order valence-corrected chi connectivity index (χ1v) is 12.8. The van der Waals surface area contributed by atoms with Crippen LogP contribution in [-0.4, -0.2) is 49.0 Å². The van der Waals surface area contributed by atoms with E-state index >= 15 is 0 Å². The number of ether oxygens (including phenoxy) is 1. The zero-order chi connectivity index (χ0) is 26.7. The van der Waals surface area contributed by atoms with Crippen molar-refractivity contribution in [1.82, 2.24) is 4.31 Å². The highest BCUT2D eigenvalue weighted by molar-refractivity contribution is 7.89. The Morgan fingerprint density at radius 3 is 2.05 bits per heavy atom. The van der Waals surface area contributed by atoms with E-state index in [4.69, 9.17) is 9.84 Å². The fourth-order valence-corrected chi connectivity index (χ4v) is 4.71. The van der Waals surface area contributed by atoms with Gasteiger partial charge in [0.2, 0.25) is 10.0 Å². The highest BCUT2D eigenvalue weighted by Gasteiger charge is 2.17. The molecule has 37 heavy (non-hydrogen) atoms. The normalized spacial score (nSPS) is 11.5. The van der Waals surface area contributed by atoms with Crippen LogP contribution in [0.1, 0.15) is 37.4 Å². The lowest BCUT2D eigenvalue weighted by molar-refractivity contribution is 0.0472. The summed E-state index contributed by atoms with van der Waals surface area (Å²) in [6, 6.07) is 21.1. The third-order valence-electron chi connectivity index (χ3n) is 5.98. The summed E-state index contributed by atoms with van der Waals surface area (Å²) in [7, 11) is -0.639. The lowest BCUT2D eigenvalue weighted by Gasteiger charge is -2.12. The van der Waals surface area contributed by atoms with Crippen molar-refractivity contribution in [3.05, 3.63) is 107 Å². The van der Waals surface area contributed by atoms with Gasteiger partial charge >= 0.3 is 11.9 Å². The van der Waals surface area contributed by atoms with Gasteiger partial charge in [0.15, 0.2) is 0 Å². The molecule has 0 radical (unpaired) electrons. The van der Waals surface area contributed by atoms with Gasteiger partial charge in [-0.05, 0) is 58.5 Å². The molecule has 8 nitrogen and oxygen atoms in total. The van der Waals surface area contributed by atoms with Crippen LogP contribution in [0.25, 0.3) is 10.8 Å². The summed E-state index contributed by atoms with van der Waals surface area (Å²) in [4.78, 5) is 23.9. The minimum absolute atomic E-state index is 0.0344. The number of hydrogen-bond donors (Lipinski definition) is 2. The molecule has 2 N–H and O–H groups in total. The molecule has 0 saturated heterocycles. The highest BCUT2D eigenvalue weighted by atomic mass is 32.2. The zero-order valence-electron chi connectivity index (χ0n) is 20.2. The molecule has 0 aliphatic carbocycles. The summed E-state index contributed by atoms with van der Waals surface area (Å²) in [6.45, 7) is -0.0441. The second-order valence-electron chi connectivity index (χ2n) is 8.70. The van der Waals surface area contributed by atoms with Crippen molar-refractivity contribution in [2.75, 3.05) is 14.1 Å². The zero-order valence-corrected chi connectivity index (χ0v) is 21.0. The number of hydrogen-bond acceptors (Lipinski definition) is 6. The number of rotatable bonds is 8. The second-order valence-corrected chi connectivity index (χ2v) is 10.8. The van der Waals surface area contributed by atoms with E-state index in [9.17, 15) is 23.1 Å². The lowest BCUT2D eigenvalue weighted by Crippen LogP contribution is -2.22. The Balaban J connectivity index is 1.49. The van der Waals surface area contributed by atoms with Crippen LogP contribution in [0.4, 0.5) is 0 Å². The standard InChI is InChI=1S/C28H25NO7S/c1-29(2)37(34,35)24-13-5-19(6-14-24)17-36-28(33)23-12-10-20-9-11-22(26(30)25(20)16-23)15-18-3-7-21(8-4-18)27(31)32/h3-14,16,30H,15,17H2,1-2H3,(H,31,32). The number of phenols is 1. The van der Waals surface area contributed by atoms with Gasteiger partial charge in [-0.25, -0.2) is 22.3 Å². The van der Waals surface area contributed by atoms with Crippen molar-refractivity contribution in [3.8, 4) is 5.75 Å². The minimum atomic E-state index is -3.54. The molecule has 0 saturated carbocycles. The topological polar surface area (TPSA) is 121 Å². The molecule has 0 bridgehead atoms. The number of esters is 1. The molecule has 0 atom stereocenters. The van der Waals surface area contributed by atoms with E-state index in [1.54, 1.807) is 48.5 Å². The molecule has 190 valence electrons. The summed E-state index contributed by atoms with van der Waals surface area (Å²) in [6.07, 6.45) is 0.385. The number of carboxylic acid groups (broad SMARTS) is 1. The molecule has 0 amide bonds. The number of carbonyl (C=O) groups is 2. The van der Waals surface area contributed by atoms with E-state index in [0.29, 0.717) is 22.9 Å². The smallest absolute Gasteiger partial charge is 0.338 e. The Kier molecular flexibility index (Phi) is 7.28. The van der Waals surface area contributed by atoms with Gasteiger partial charge in [0.1, 0.15) is 12.4 Å². The van der Waals surface area contributed by atoms with Crippen LogP contribution in [-0.2, 0) is 27.8 Å². The van der Waals surface area contributed by atoms with E-state index < -0.39 is 22.0 Å². The maximum absolute atomic E-state index is 12.7. The van der Waals surface area contributed by atoms with Gasteiger partial charge in [0.05, 0.1) is 16.0 Å². The number of aromatic carboxylic acids is 1. The fraction of sp³-hybridized carbons (Fsp3) is 0.143. The molecule has 4 rings (SSSR count). The van der Waals surface area contributed by atoms with Crippen molar-refractivity contribution >= 4 is 32.7 Å². The van der Waals surface area contributed by atoms with Gasteiger partial charge in [-0.3, -0.25) is 0 Å². The monoisotopic (exact) mass is 519 g/mol. The number of carboxylic acids is 1. The molecule has 0 aromatic heterocycles. The lowest BCUT2D eigenvalue weighted by atomic mass is 9.98. The summed E-state index contributed by atoms with van der Waals surface area (Å²) >= 11 is 0. The molecular formula is C28H25NO7S. The van der Waals surface area contributed by atoms with Crippen LogP contribution in [0, 0.1) is 0 Å². The largest absolute Gasteiger partial charge is 0.507 e. The number of carbonyl (C=O) groups excluding carboxylic acids is 1. The molecule has 9 heteroatoms. The third-order valence-corrected chi connectivity index (χ3v) is 7.81. The maximum Gasteiger partial charge on any atom is 0.338 e. The Morgan fingerprint density at radius 1 is 0.838 bits per heavy atom.